The summed E-state index contributed by atoms with van der Waals surface area (Å²) in [5, 5.41) is 0. The Morgan fingerprint density at radius 3 is 2.62 bits per heavy atom. The van der Waals surface area contributed by atoms with Crippen LogP contribution in [-0.4, -0.2) is 26.6 Å². The van der Waals surface area contributed by atoms with Crippen LogP contribution in [0.1, 0.15) is 6.92 Å². The van der Waals surface area contributed by atoms with Crippen molar-refractivity contribution < 1.29 is 9.47 Å². The lowest BCUT2D eigenvalue weighted by atomic mass is 10.6. The van der Waals surface area contributed by atoms with E-state index >= 15 is 0 Å². The summed E-state index contributed by atoms with van der Waals surface area (Å²) >= 11 is 0. The summed E-state index contributed by atoms with van der Waals surface area (Å²) in [5.74, 6) is 0. The van der Waals surface area contributed by atoms with E-state index in [4.69, 9.17) is 15.2 Å². The van der Waals surface area contributed by atoms with E-state index < -0.39 is 0 Å². The van der Waals surface area contributed by atoms with Crippen LogP contribution in [0.3, 0.4) is 0 Å². The fraction of sp³-hybridized carbons (Fsp3) is 1.00. The van der Waals surface area contributed by atoms with Crippen LogP contribution in [0.25, 0.3) is 0 Å². The molecule has 3 nitrogen and oxygen atoms in total. The van der Waals surface area contributed by atoms with E-state index in [1.807, 2.05) is 6.92 Å². The second-order valence-electron chi connectivity index (χ2n) is 1.43. The summed E-state index contributed by atoms with van der Waals surface area (Å²) in [6, 6.07) is 0. The van der Waals surface area contributed by atoms with Gasteiger partial charge in [0.15, 0.2) is 0 Å². The number of hydrogen-bond acceptors (Lipinski definition) is 3. The molecule has 1 unspecified atom stereocenters. The van der Waals surface area contributed by atoms with Crippen LogP contribution >= 0.6 is 0 Å². The number of rotatable bonds is 4. The van der Waals surface area contributed by atoms with Gasteiger partial charge in [0.1, 0.15) is 6.23 Å². The van der Waals surface area contributed by atoms with E-state index in [2.05, 4.69) is 0 Å². The Balaban J connectivity index is 2.86. The average molecular weight is 119 g/mol. The van der Waals surface area contributed by atoms with Gasteiger partial charge < -0.3 is 15.2 Å². The van der Waals surface area contributed by atoms with Crippen LogP contribution in [0.2, 0.25) is 0 Å². The zero-order valence-corrected chi connectivity index (χ0v) is 5.39. The van der Waals surface area contributed by atoms with Gasteiger partial charge in [-0.15, -0.1) is 0 Å². The summed E-state index contributed by atoms with van der Waals surface area (Å²) in [6.07, 6.45) is -0.269. The van der Waals surface area contributed by atoms with Gasteiger partial charge in [-0.25, -0.2) is 0 Å². The van der Waals surface area contributed by atoms with Gasteiger partial charge in [-0.2, -0.15) is 0 Å². The number of hydrogen-bond donors (Lipinski definition) is 1. The van der Waals surface area contributed by atoms with Crippen molar-refractivity contribution >= 4 is 0 Å². The third-order valence-electron chi connectivity index (χ3n) is 0.789. The van der Waals surface area contributed by atoms with E-state index in [-0.39, 0.29) is 6.23 Å². The molecule has 0 aromatic rings. The molecule has 0 aliphatic rings. The lowest BCUT2D eigenvalue weighted by molar-refractivity contribution is 0.0165. The van der Waals surface area contributed by atoms with E-state index in [1.165, 1.54) is 0 Å². The molecule has 0 aliphatic carbocycles. The minimum atomic E-state index is -0.269. The average Bonchev–Trinajstić information content (AvgIpc) is 1.83. The molecule has 0 spiro atoms. The van der Waals surface area contributed by atoms with Crippen LogP contribution in [0.5, 0.6) is 0 Å². The predicted molar refractivity (Wildman–Crippen MR) is 31.5 cm³/mol. The van der Waals surface area contributed by atoms with E-state index in [0.717, 1.165) is 0 Å². The van der Waals surface area contributed by atoms with Crippen molar-refractivity contribution in [2.75, 3.05) is 20.3 Å². The highest BCUT2D eigenvalue weighted by molar-refractivity contribution is 4.39. The molecule has 3 heteroatoms. The minimum absolute atomic E-state index is 0.269. The molecule has 0 radical (unpaired) electrons. The molecule has 1 atom stereocenters. The topological polar surface area (TPSA) is 44.5 Å². The molecule has 0 aliphatic heterocycles. The first kappa shape index (κ1) is 7.88. The Labute approximate surface area is 49.8 Å². The molecule has 0 bridgehead atoms. The number of methoxy groups -OCH3 is 1. The Kier molecular flexibility index (Phi) is 4.95. The first-order valence-corrected chi connectivity index (χ1v) is 2.67. The van der Waals surface area contributed by atoms with E-state index in [1.54, 1.807) is 7.11 Å². The number of nitrogens with two attached hydrogens (primary N) is 1. The van der Waals surface area contributed by atoms with Crippen molar-refractivity contribution in [1.82, 2.24) is 0 Å². The number of ether oxygens (including phenoxy) is 2. The largest absolute Gasteiger partial charge is 0.378 e. The summed E-state index contributed by atoms with van der Waals surface area (Å²) in [6.45, 7) is 3.09. The third kappa shape index (κ3) is 4.05. The molecule has 50 valence electrons. The molecule has 8 heavy (non-hydrogen) atoms. The molecule has 0 aromatic heterocycles. The van der Waals surface area contributed by atoms with Crippen LogP contribution in [0.4, 0.5) is 0 Å². The van der Waals surface area contributed by atoms with E-state index in [0.29, 0.717) is 13.2 Å². The van der Waals surface area contributed by atoms with Gasteiger partial charge in [0.05, 0.1) is 6.61 Å². The molecule has 0 saturated heterocycles. The molecule has 0 amide bonds. The minimum Gasteiger partial charge on any atom is -0.378 e. The fourth-order valence-electron chi connectivity index (χ4n) is 0.302. The van der Waals surface area contributed by atoms with Crippen molar-refractivity contribution in [3.8, 4) is 0 Å². The molecular formula is C5H13NO2. The predicted octanol–water partition coefficient (Wildman–Crippen LogP) is -0.0459. The SMILES string of the molecule is CCOCC(N)OC. The van der Waals surface area contributed by atoms with Crippen LogP contribution in [0.15, 0.2) is 0 Å². The highest BCUT2D eigenvalue weighted by Gasteiger charge is 1.95. The lowest BCUT2D eigenvalue weighted by Crippen LogP contribution is -2.27. The van der Waals surface area contributed by atoms with Gasteiger partial charge in [-0.1, -0.05) is 0 Å². The molecule has 0 aromatic carbocycles. The molecule has 2 N–H and O–H groups in total. The fourth-order valence-corrected chi connectivity index (χ4v) is 0.302. The van der Waals surface area contributed by atoms with Crippen molar-refractivity contribution in [3.63, 3.8) is 0 Å². The third-order valence-corrected chi connectivity index (χ3v) is 0.789. The maximum atomic E-state index is 5.31. The van der Waals surface area contributed by atoms with Gasteiger partial charge >= 0.3 is 0 Å². The van der Waals surface area contributed by atoms with Crippen LogP contribution in [0, 0.1) is 0 Å². The standard InChI is InChI=1S/C5H13NO2/c1-3-8-4-5(6)7-2/h5H,3-4,6H2,1-2H3. The highest BCUT2D eigenvalue weighted by Crippen LogP contribution is 1.79. The Morgan fingerprint density at radius 2 is 2.25 bits per heavy atom. The molecule has 0 heterocycles. The Morgan fingerprint density at radius 1 is 1.62 bits per heavy atom. The van der Waals surface area contributed by atoms with Crippen LogP contribution in [-0.2, 0) is 9.47 Å². The van der Waals surface area contributed by atoms with E-state index in [9.17, 15) is 0 Å². The van der Waals surface area contributed by atoms with Crippen molar-refractivity contribution in [1.29, 1.82) is 0 Å². The zero-order valence-electron chi connectivity index (χ0n) is 5.39. The Hall–Kier alpha value is -0.120. The Bertz CT molecular complexity index is 49.7. The normalized spacial score (nSPS) is 13.9. The summed E-state index contributed by atoms with van der Waals surface area (Å²) in [7, 11) is 1.56. The summed E-state index contributed by atoms with van der Waals surface area (Å²) in [5.41, 5.74) is 5.31. The van der Waals surface area contributed by atoms with Gasteiger partial charge in [0.25, 0.3) is 0 Å². The quantitative estimate of drug-likeness (QED) is 0.528. The molecule has 0 rings (SSSR count). The monoisotopic (exact) mass is 119 g/mol. The first-order valence-electron chi connectivity index (χ1n) is 2.67. The molecular weight excluding hydrogens is 106 g/mol. The van der Waals surface area contributed by atoms with Crippen molar-refractivity contribution in [2.24, 2.45) is 5.73 Å². The van der Waals surface area contributed by atoms with Gasteiger partial charge in [0, 0.05) is 13.7 Å². The smallest absolute Gasteiger partial charge is 0.128 e. The second kappa shape index (κ2) is 5.03. The molecule has 0 fully saturated rings. The van der Waals surface area contributed by atoms with Gasteiger partial charge in [-0.3, -0.25) is 0 Å². The molecule has 0 saturated carbocycles. The summed E-state index contributed by atoms with van der Waals surface area (Å²) in [4.78, 5) is 0. The second-order valence-corrected chi connectivity index (χ2v) is 1.43. The van der Waals surface area contributed by atoms with Crippen molar-refractivity contribution in [2.45, 2.75) is 13.2 Å². The van der Waals surface area contributed by atoms with Gasteiger partial charge in [-0.05, 0) is 6.92 Å². The lowest BCUT2D eigenvalue weighted by Gasteiger charge is -2.07. The zero-order chi connectivity index (χ0) is 6.41. The van der Waals surface area contributed by atoms with Gasteiger partial charge in [0.2, 0.25) is 0 Å². The summed E-state index contributed by atoms with van der Waals surface area (Å²) < 4.78 is 9.64. The maximum absolute atomic E-state index is 5.31. The first-order chi connectivity index (χ1) is 3.81. The van der Waals surface area contributed by atoms with Crippen molar-refractivity contribution in [3.05, 3.63) is 0 Å². The highest BCUT2D eigenvalue weighted by atomic mass is 16.5. The maximum Gasteiger partial charge on any atom is 0.128 e. The van der Waals surface area contributed by atoms with Crippen LogP contribution < -0.4 is 5.73 Å².